The molecule has 1 heteroatoms. The first kappa shape index (κ1) is 24.5. The summed E-state index contributed by atoms with van der Waals surface area (Å²) in [5.74, 6) is 0. The van der Waals surface area contributed by atoms with Crippen LogP contribution in [0, 0.1) is 26.8 Å². The second-order valence-electron chi connectivity index (χ2n) is 2.50. The molecule has 0 atom stereocenters. The molecule has 1 aliphatic carbocycles. The van der Waals surface area contributed by atoms with E-state index in [1.807, 2.05) is 32.9 Å². The molecule has 0 aromatic heterocycles. The van der Waals surface area contributed by atoms with Crippen molar-refractivity contribution in [2.75, 3.05) is 0 Å². The maximum absolute atomic E-state index is 3.49. The third kappa shape index (κ3) is 76.5. The van der Waals surface area contributed by atoms with E-state index in [1.165, 1.54) is 0 Å². The Hall–Kier alpha value is 0.350. The number of hydrogen-bond acceptors (Lipinski definition) is 0. The Morgan fingerprint density at radius 3 is 1.40 bits per heavy atom. The molecule has 0 amide bonds. The Labute approximate surface area is 117 Å². The van der Waals surface area contributed by atoms with E-state index < -0.39 is 0 Å². The van der Waals surface area contributed by atoms with Crippen molar-refractivity contribution in [1.29, 1.82) is 0 Å². The van der Waals surface area contributed by atoms with Crippen molar-refractivity contribution in [1.82, 2.24) is 0 Å². The summed E-state index contributed by atoms with van der Waals surface area (Å²) in [6.45, 7) is 16.5. The van der Waals surface area contributed by atoms with Gasteiger partial charge >= 0.3 is 25.8 Å². The van der Waals surface area contributed by atoms with Gasteiger partial charge in [0.2, 0.25) is 0 Å². The summed E-state index contributed by atoms with van der Waals surface area (Å²) in [6.07, 6.45) is 13.0. The summed E-state index contributed by atoms with van der Waals surface area (Å²) < 4.78 is 0. The van der Waals surface area contributed by atoms with Crippen molar-refractivity contribution >= 4 is 0 Å². The van der Waals surface area contributed by atoms with Gasteiger partial charge in [-0.05, 0) is 0 Å². The van der Waals surface area contributed by atoms with Gasteiger partial charge in [0.25, 0.3) is 0 Å². The molecule has 0 bridgehead atoms. The summed E-state index contributed by atoms with van der Waals surface area (Å²) in [5, 5.41) is 0. The van der Waals surface area contributed by atoms with Gasteiger partial charge in [0.15, 0.2) is 0 Å². The molecule has 1 aliphatic rings. The molecule has 0 radical (unpaired) electrons. The van der Waals surface area contributed by atoms with Crippen LogP contribution in [0.4, 0.5) is 0 Å². The van der Waals surface area contributed by atoms with Gasteiger partial charge < -0.3 is 20.8 Å². The summed E-state index contributed by atoms with van der Waals surface area (Å²) in [7, 11) is 0. The number of allylic oxidation sites excluding steroid dienone is 4. The van der Waals surface area contributed by atoms with Crippen molar-refractivity contribution in [3.63, 3.8) is 0 Å². The fourth-order valence-corrected chi connectivity index (χ4v) is 0.340. The van der Waals surface area contributed by atoms with Crippen LogP contribution in [0.5, 0.6) is 0 Å². The van der Waals surface area contributed by atoms with Crippen molar-refractivity contribution in [2.45, 2.75) is 46.5 Å². The zero-order valence-electron chi connectivity index (χ0n) is 10.7. The third-order valence-electron chi connectivity index (χ3n) is 0.586. The Kier molecular flexibility index (Phi) is 60.0. The fraction of sp³-hybridized carbons (Fsp3) is 0.500. The second kappa shape index (κ2) is 36.7. The number of hydrogen-bond donors (Lipinski definition) is 0. The van der Waals surface area contributed by atoms with E-state index in [4.69, 9.17) is 0 Å². The van der Waals surface area contributed by atoms with Gasteiger partial charge in [-0.1, -0.05) is 20.8 Å². The van der Waals surface area contributed by atoms with Crippen LogP contribution in [0.3, 0.4) is 0 Å². The average Bonchev–Trinajstić information content (AvgIpc) is 2.63. The van der Waals surface area contributed by atoms with E-state index in [-0.39, 0.29) is 25.8 Å². The molecule has 0 unspecified atom stereocenters. The van der Waals surface area contributed by atoms with Crippen LogP contribution in [0.1, 0.15) is 46.5 Å². The van der Waals surface area contributed by atoms with Crippen molar-refractivity contribution < 1.29 is 25.8 Å². The molecule has 0 aliphatic heterocycles. The van der Waals surface area contributed by atoms with E-state index in [0.29, 0.717) is 0 Å². The van der Waals surface area contributed by atoms with Crippen molar-refractivity contribution in [3.8, 4) is 0 Å². The van der Waals surface area contributed by atoms with Crippen LogP contribution in [-0.4, -0.2) is 0 Å². The molecule has 86 valence electrons. The first-order valence-electron chi connectivity index (χ1n) is 5.34. The molecule has 0 heterocycles. The van der Waals surface area contributed by atoms with Crippen LogP contribution in [0.15, 0.2) is 18.2 Å². The largest absolute Gasteiger partial charge is 4.00 e. The van der Waals surface area contributed by atoms with Gasteiger partial charge in [0, 0.05) is 0 Å². The predicted octanol–water partition coefficient (Wildman–Crippen LogP) is 4.99. The topological polar surface area (TPSA) is 0 Å². The molecular formula is C14H26Hf. The monoisotopic (exact) mass is 374 g/mol. The summed E-state index contributed by atoms with van der Waals surface area (Å²) >= 11 is 0. The van der Waals surface area contributed by atoms with Gasteiger partial charge in [-0.2, -0.15) is 25.3 Å². The van der Waals surface area contributed by atoms with Gasteiger partial charge in [-0.25, -0.2) is 12.2 Å². The van der Waals surface area contributed by atoms with E-state index in [2.05, 4.69) is 32.9 Å². The fourth-order valence-electron chi connectivity index (χ4n) is 0.340. The third-order valence-corrected chi connectivity index (χ3v) is 0.586. The second-order valence-corrected chi connectivity index (χ2v) is 2.50. The quantitative estimate of drug-likeness (QED) is 0.415. The van der Waals surface area contributed by atoms with Gasteiger partial charge in [-0.15, -0.1) is 6.42 Å². The SMILES string of the molecule is [C-]1=CC=CC1.[CH2-]CC.[CH2-]CC.[CH2-]CC.[Hf+4]. The maximum atomic E-state index is 3.49. The minimum absolute atomic E-state index is 0. The van der Waals surface area contributed by atoms with E-state index in [9.17, 15) is 0 Å². The zero-order valence-corrected chi connectivity index (χ0v) is 14.3. The van der Waals surface area contributed by atoms with Crippen molar-refractivity contribution in [2.24, 2.45) is 0 Å². The molecule has 15 heavy (non-hydrogen) atoms. The first-order chi connectivity index (χ1) is 6.74. The molecule has 0 aromatic rings. The molecule has 1 rings (SSSR count). The van der Waals surface area contributed by atoms with Crippen LogP contribution in [0.25, 0.3) is 0 Å². The molecule has 0 nitrogen and oxygen atoms in total. The predicted molar refractivity (Wildman–Crippen MR) is 68.5 cm³/mol. The maximum Gasteiger partial charge on any atom is 4.00 e. The standard InChI is InChI=1S/C5H5.3C3H7.Hf/c1-2-4-5-3-1;3*1-3-2;/h1-3H,4H2;3*1,3H2,2H3;/q4*-1;+4. The summed E-state index contributed by atoms with van der Waals surface area (Å²) in [5.41, 5.74) is 0. The van der Waals surface area contributed by atoms with Crippen LogP contribution in [0.2, 0.25) is 0 Å². The van der Waals surface area contributed by atoms with Gasteiger partial charge in [-0.3, -0.25) is 6.08 Å². The average molecular weight is 373 g/mol. The van der Waals surface area contributed by atoms with Gasteiger partial charge in [0.1, 0.15) is 0 Å². The van der Waals surface area contributed by atoms with Gasteiger partial charge in [0.05, 0.1) is 0 Å². The zero-order chi connectivity index (χ0) is 11.7. The van der Waals surface area contributed by atoms with E-state index in [0.717, 1.165) is 25.7 Å². The minimum atomic E-state index is 0. The Balaban J connectivity index is -0.0000000550. The molecule has 0 aromatic carbocycles. The van der Waals surface area contributed by atoms with Crippen LogP contribution in [-0.2, 0) is 25.8 Å². The van der Waals surface area contributed by atoms with Crippen LogP contribution >= 0.6 is 0 Å². The first-order valence-corrected chi connectivity index (χ1v) is 5.34. The Morgan fingerprint density at radius 1 is 1.00 bits per heavy atom. The molecule has 0 saturated heterocycles. The summed E-state index contributed by atoms with van der Waals surface area (Å²) in [4.78, 5) is 0. The Bertz CT molecular complexity index is 89.2. The summed E-state index contributed by atoms with van der Waals surface area (Å²) in [6, 6.07) is 0. The number of rotatable bonds is 0. The molecule has 0 saturated carbocycles. The molecule has 0 N–H and O–H groups in total. The normalized spacial score (nSPS) is 9.47. The molecule has 0 spiro atoms. The molecular weight excluding hydrogens is 347 g/mol. The van der Waals surface area contributed by atoms with Crippen LogP contribution < -0.4 is 0 Å². The smallest absolute Gasteiger partial charge is 0.344 e. The van der Waals surface area contributed by atoms with E-state index >= 15 is 0 Å². The molecule has 0 fully saturated rings. The van der Waals surface area contributed by atoms with Crippen molar-refractivity contribution in [3.05, 3.63) is 45.1 Å². The van der Waals surface area contributed by atoms with E-state index in [1.54, 1.807) is 0 Å². The minimum Gasteiger partial charge on any atom is -0.344 e. The Morgan fingerprint density at radius 2 is 1.33 bits per heavy atom.